The van der Waals surface area contributed by atoms with Crippen LogP contribution in [0.3, 0.4) is 0 Å². The number of amidine groups is 1. The van der Waals surface area contributed by atoms with Crippen molar-refractivity contribution in [3.8, 4) is 5.75 Å². The van der Waals surface area contributed by atoms with Gasteiger partial charge in [-0.3, -0.25) is 4.79 Å². The Balaban J connectivity index is 2.72. The zero-order valence-electron chi connectivity index (χ0n) is 11.1. The number of carbonyl (C=O) groups excluding carboxylic acids is 1. The van der Waals surface area contributed by atoms with Crippen molar-refractivity contribution in [1.29, 1.82) is 0 Å². The molecular weight excluding hydrogens is 246 g/mol. The highest BCUT2D eigenvalue weighted by molar-refractivity contribution is 5.98. The number of hydrogen-bond acceptors (Lipinski definition) is 4. The molecular formula is C13H19N3O3. The number of benzene rings is 1. The monoisotopic (exact) mass is 265 g/mol. The number of oxime groups is 1. The zero-order valence-corrected chi connectivity index (χ0v) is 11.1. The molecule has 0 heterocycles. The van der Waals surface area contributed by atoms with Crippen molar-refractivity contribution in [3.63, 3.8) is 0 Å². The average molecular weight is 265 g/mol. The van der Waals surface area contributed by atoms with E-state index in [0.717, 1.165) is 0 Å². The van der Waals surface area contributed by atoms with Gasteiger partial charge in [-0.25, -0.2) is 0 Å². The number of nitrogens with one attached hydrogen (secondary N) is 1. The third-order valence-electron chi connectivity index (χ3n) is 2.61. The molecule has 0 spiro atoms. The van der Waals surface area contributed by atoms with Crippen molar-refractivity contribution in [3.05, 3.63) is 29.8 Å². The Morgan fingerprint density at radius 1 is 1.42 bits per heavy atom. The fourth-order valence-electron chi connectivity index (χ4n) is 1.57. The molecule has 0 fully saturated rings. The lowest BCUT2D eigenvalue weighted by molar-refractivity contribution is 0.0945. The summed E-state index contributed by atoms with van der Waals surface area (Å²) >= 11 is 0. The van der Waals surface area contributed by atoms with Crippen LogP contribution in [0.1, 0.15) is 30.6 Å². The molecule has 0 aliphatic carbocycles. The van der Waals surface area contributed by atoms with E-state index in [1.165, 1.54) is 0 Å². The number of amides is 1. The lowest BCUT2D eigenvalue weighted by Gasteiger charge is -2.15. The van der Waals surface area contributed by atoms with E-state index < -0.39 is 6.04 Å². The van der Waals surface area contributed by atoms with Crippen molar-refractivity contribution in [1.82, 2.24) is 5.32 Å². The number of rotatable bonds is 6. The smallest absolute Gasteiger partial charge is 0.251 e. The third-order valence-corrected chi connectivity index (χ3v) is 2.61. The van der Waals surface area contributed by atoms with Crippen LogP contribution in [0.4, 0.5) is 0 Å². The van der Waals surface area contributed by atoms with E-state index in [-0.39, 0.29) is 11.7 Å². The molecule has 6 heteroatoms. The van der Waals surface area contributed by atoms with E-state index in [4.69, 9.17) is 15.7 Å². The summed E-state index contributed by atoms with van der Waals surface area (Å²) in [6.07, 6.45) is 0.540. The van der Waals surface area contributed by atoms with Crippen molar-refractivity contribution < 1.29 is 14.7 Å². The molecule has 1 unspecified atom stereocenters. The second-order valence-electron chi connectivity index (χ2n) is 3.92. The second-order valence-corrected chi connectivity index (χ2v) is 3.92. The summed E-state index contributed by atoms with van der Waals surface area (Å²) in [7, 11) is 0. The van der Waals surface area contributed by atoms with Gasteiger partial charge in [0.2, 0.25) is 0 Å². The van der Waals surface area contributed by atoms with Crippen LogP contribution in [0.2, 0.25) is 0 Å². The summed E-state index contributed by atoms with van der Waals surface area (Å²) in [5, 5.41) is 14.2. The molecule has 0 radical (unpaired) electrons. The van der Waals surface area contributed by atoms with Crippen molar-refractivity contribution >= 4 is 11.7 Å². The van der Waals surface area contributed by atoms with Crippen LogP contribution in [0.5, 0.6) is 5.75 Å². The lowest BCUT2D eigenvalue weighted by Crippen LogP contribution is -2.44. The van der Waals surface area contributed by atoms with Crippen LogP contribution in [0.15, 0.2) is 29.4 Å². The molecule has 4 N–H and O–H groups in total. The molecule has 1 aromatic rings. The van der Waals surface area contributed by atoms with Gasteiger partial charge in [-0.05, 0) is 37.6 Å². The van der Waals surface area contributed by atoms with Crippen LogP contribution in [0, 0.1) is 0 Å². The highest BCUT2D eigenvalue weighted by Gasteiger charge is 2.15. The summed E-state index contributed by atoms with van der Waals surface area (Å²) in [5.41, 5.74) is 5.98. The SMILES string of the molecule is CCOc1ccc(C(=O)NC(CC)/C(N)=N/O)cc1. The summed E-state index contributed by atoms with van der Waals surface area (Å²) in [5.74, 6) is 0.422. The highest BCUT2D eigenvalue weighted by atomic mass is 16.5. The van der Waals surface area contributed by atoms with Gasteiger partial charge in [0.1, 0.15) is 5.75 Å². The minimum Gasteiger partial charge on any atom is -0.494 e. The van der Waals surface area contributed by atoms with Gasteiger partial charge in [-0.1, -0.05) is 12.1 Å². The lowest BCUT2D eigenvalue weighted by atomic mass is 10.1. The van der Waals surface area contributed by atoms with E-state index in [0.29, 0.717) is 24.3 Å². The van der Waals surface area contributed by atoms with E-state index in [1.54, 1.807) is 24.3 Å². The fourth-order valence-corrected chi connectivity index (χ4v) is 1.57. The molecule has 0 aliphatic rings. The molecule has 1 aromatic carbocycles. The van der Waals surface area contributed by atoms with Crippen molar-refractivity contribution in [2.75, 3.05) is 6.61 Å². The molecule has 0 aliphatic heterocycles. The maximum Gasteiger partial charge on any atom is 0.251 e. The van der Waals surface area contributed by atoms with E-state index in [9.17, 15) is 4.79 Å². The number of carbonyl (C=O) groups is 1. The first-order valence-electron chi connectivity index (χ1n) is 6.13. The molecule has 1 atom stereocenters. The van der Waals surface area contributed by atoms with E-state index in [1.807, 2.05) is 13.8 Å². The van der Waals surface area contributed by atoms with E-state index in [2.05, 4.69) is 10.5 Å². The van der Waals surface area contributed by atoms with Gasteiger partial charge in [0.25, 0.3) is 5.91 Å². The summed E-state index contributed by atoms with van der Waals surface area (Å²) in [4.78, 5) is 12.0. The maximum absolute atomic E-state index is 12.0. The van der Waals surface area contributed by atoms with Gasteiger partial charge < -0.3 is 21.0 Å². The normalized spacial score (nSPS) is 12.8. The zero-order chi connectivity index (χ0) is 14.3. The molecule has 1 rings (SSSR count). The van der Waals surface area contributed by atoms with Gasteiger partial charge in [0, 0.05) is 5.56 Å². The average Bonchev–Trinajstić information content (AvgIpc) is 2.44. The molecule has 0 bridgehead atoms. The standard InChI is InChI=1S/C13H19N3O3/c1-3-11(12(14)16-18)15-13(17)9-5-7-10(8-6-9)19-4-2/h5-8,11,18H,3-4H2,1-2H3,(H2,14,16)(H,15,17). The molecule has 1 amide bonds. The third kappa shape index (κ3) is 4.17. The summed E-state index contributed by atoms with van der Waals surface area (Å²) in [6, 6.07) is 6.30. The predicted octanol–water partition coefficient (Wildman–Crippen LogP) is 1.34. The molecule has 6 nitrogen and oxygen atoms in total. The number of nitrogens with two attached hydrogens (primary N) is 1. The first-order valence-corrected chi connectivity index (χ1v) is 6.13. The van der Waals surface area contributed by atoms with Gasteiger partial charge in [0.05, 0.1) is 12.6 Å². The van der Waals surface area contributed by atoms with Crippen molar-refractivity contribution in [2.24, 2.45) is 10.9 Å². The van der Waals surface area contributed by atoms with Crippen LogP contribution in [-0.2, 0) is 0 Å². The van der Waals surface area contributed by atoms with Crippen LogP contribution < -0.4 is 15.8 Å². The highest BCUT2D eigenvalue weighted by Crippen LogP contribution is 2.12. The Labute approximate surface area is 112 Å². The Hall–Kier alpha value is -2.24. The maximum atomic E-state index is 12.0. The molecule has 104 valence electrons. The van der Waals surface area contributed by atoms with Gasteiger partial charge in [-0.15, -0.1) is 0 Å². The topological polar surface area (TPSA) is 96.9 Å². The number of nitrogens with zero attached hydrogens (tertiary/aromatic N) is 1. The Morgan fingerprint density at radius 3 is 2.53 bits per heavy atom. The quantitative estimate of drug-likeness (QED) is 0.313. The second kappa shape index (κ2) is 7.25. The van der Waals surface area contributed by atoms with E-state index >= 15 is 0 Å². The summed E-state index contributed by atoms with van der Waals surface area (Å²) in [6.45, 7) is 4.30. The van der Waals surface area contributed by atoms with Crippen LogP contribution in [0.25, 0.3) is 0 Å². The molecule has 0 saturated heterocycles. The predicted molar refractivity (Wildman–Crippen MR) is 72.6 cm³/mol. The minimum absolute atomic E-state index is 0.0122. The molecule has 0 saturated carbocycles. The Morgan fingerprint density at radius 2 is 2.05 bits per heavy atom. The van der Waals surface area contributed by atoms with Gasteiger partial charge in [0.15, 0.2) is 5.84 Å². The molecule has 19 heavy (non-hydrogen) atoms. The number of hydrogen-bond donors (Lipinski definition) is 3. The van der Waals surface area contributed by atoms with Crippen LogP contribution >= 0.6 is 0 Å². The first-order chi connectivity index (χ1) is 9.12. The Kier molecular flexibility index (Phi) is 5.66. The summed E-state index contributed by atoms with van der Waals surface area (Å²) < 4.78 is 5.29. The fraction of sp³-hybridized carbons (Fsp3) is 0.385. The van der Waals surface area contributed by atoms with Gasteiger partial charge in [-0.2, -0.15) is 0 Å². The van der Waals surface area contributed by atoms with Crippen molar-refractivity contribution in [2.45, 2.75) is 26.3 Å². The Bertz CT molecular complexity index is 443. The first kappa shape index (κ1) is 14.8. The largest absolute Gasteiger partial charge is 0.494 e. The molecule has 0 aromatic heterocycles. The minimum atomic E-state index is -0.482. The number of ether oxygens (including phenoxy) is 1. The van der Waals surface area contributed by atoms with Gasteiger partial charge >= 0.3 is 0 Å². The van der Waals surface area contributed by atoms with Crippen LogP contribution in [-0.4, -0.2) is 29.6 Å².